The largest absolute Gasteiger partial charge is 0.214 e. The minimum Gasteiger partial charge on any atom is -0.170 e. The monoisotopic (exact) mass is 72.0 g/mol. The Kier molecular flexibility index (Phi) is 2.40. The molecule has 0 unspecified atom stereocenters. The van der Waals surface area contributed by atoms with Crippen LogP contribution < -0.4 is 4.72 Å². The van der Waals surface area contributed by atoms with Crippen LogP contribution in [0.5, 0.6) is 0 Å². The van der Waals surface area contributed by atoms with Gasteiger partial charge in [-0.3, -0.25) is 0 Å². The van der Waals surface area contributed by atoms with Crippen LogP contribution >= 0.6 is 12.8 Å². The molecule has 0 rings (SSSR count). The number of rotatable bonds is 0. The lowest BCUT2D eigenvalue weighted by atomic mass is 11.5. The van der Waals surface area contributed by atoms with Crippen molar-refractivity contribution in [1.82, 2.24) is 4.72 Å². The standard InChI is InChI=1S/CN2S/c2-1-3-4. The summed E-state index contributed by atoms with van der Waals surface area (Å²) < 4.78 is 2.62. The second kappa shape index (κ2) is 2.64. The Bertz CT molecular complexity index is 35.8. The molecule has 0 N–H and O–H groups in total. The second-order valence-electron chi connectivity index (χ2n) is 0.191. The highest BCUT2D eigenvalue weighted by molar-refractivity contribution is 7.78. The summed E-state index contributed by atoms with van der Waals surface area (Å²) in [6.45, 7) is 0. The minimum absolute atomic E-state index is 1.37. The van der Waals surface area contributed by atoms with Gasteiger partial charge >= 0.3 is 0 Å². The van der Waals surface area contributed by atoms with Gasteiger partial charge < -0.3 is 0 Å². The van der Waals surface area contributed by atoms with Gasteiger partial charge in [0, 0.05) is 0 Å². The fourth-order valence-electron chi connectivity index (χ4n) is 0. The fraction of sp³-hybridized carbons (Fsp3) is 0. The van der Waals surface area contributed by atoms with Crippen molar-refractivity contribution in [3.05, 3.63) is 0 Å². The summed E-state index contributed by atoms with van der Waals surface area (Å²) in [7, 11) is 0. The molecule has 0 saturated heterocycles. The van der Waals surface area contributed by atoms with Crippen LogP contribution in [0.15, 0.2) is 0 Å². The fourth-order valence-corrected chi connectivity index (χ4v) is 0. The van der Waals surface area contributed by atoms with Crippen LogP contribution in [0.3, 0.4) is 0 Å². The van der Waals surface area contributed by atoms with Crippen LogP contribution in [0.4, 0.5) is 0 Å². The molecule has 0 aromatic carbocycles. The summed E-state index contributed by atoms with van der Waals surface area (Å²) in [5, 5.41) is 7.35. The molecule has 0 saturated carbocycles. The van der Waals surface area contributed by atoms with Gasteiger partial charge in [-0.25, -0.2) is 0 Å². The van der Waals surface area contributed by atoms with Crippen molar-refractivity contribution < 1.29 is 0 Å². The molecule has 0 amide bonds. The maximum absolute atomic E-state index is 7.35. The molecule has 0 atom stereocenters. The van der Waals surface area contributed by atoms with Crippen molar-refractivity contribution >= 4 is 12.8 Å². The topological polar surface area (TPSA) is 37.9 Å². The SMILES string of the molecule is N#C[N][S]. The Labute approximate surface area is 30.0 Å². The van der Waals surface area contributed by atoms with Gasteiger partial charge in [-0.15, -0.1) is 4.72 Å². The molecule has 0 aromatic rings. The van der Waals surface area contributed by atoms with Gasteiger partial charge in [0.2, 0.25) is 6.19 Å². The Morgan fingerprint density at radius 1 is 2.00 bits per heavy atom. The lowest BCUT2D eigenvalue weighted by molar-refractivity contribution is 1.36. The first kappa shape index (κ1) is 3.64. The van der Waals surface area contributed by atoms with Gasteiger partial charge in [-0.1, -0.05) is 0 Å². The van der Waals surface area contributed by atoms with Crippen LogP contribution in [0, 0.1) is 11.5 Å². The molecule has 20 valence electrons. The van der Waals surface area contributed by atoms with Crippen LogP contribution in [0.25, 0.3) is 0 Å². The van der Waals surface area contributed by atoms with Crippen molar-refractivity contribution in [3.63, 3.8) is 0 Å². The van der Waals surface area contributed by atoms with E-state index in [0.717, 1.165) is 0 Å². The lowest BCUT2D eigenvalue weighted by Crippen LogP contribution is -1.62. The van der Waals surface area contributed by atoms with Crippen LogP contribution in [-0.2, 0) is 0 Å². The highest BCUT2D eigenvalue weighted by Crippen LogP contribution is 1.49. The second-order valence-corrected chi connectivity index (χ2v) is 0.374. The lowest BCUT2D eigenvalue weighted by Gasteiger charge is -1.47. The first-order valence-electron chi connectivity index (χ1n) is 0.630. The van der Waals surface area contributed by atoms with E-state index in [1.807, 2.05) is 0 Å². The zero-order valence-corrected chi connectivity index (χ0v) is 2.62. The van der Waals surface area contributed by atoms with E-state index in [2.05, 4.69) is 17.5 Å². The van der Waals surface area contributed by atoms with E-state index in [1.165, 1.54) is 6.19 Å². The van der Waals surface area contributed by atoms with Crippen LogP contribution in [0.1, 0.15) is 0 Å². The zero-order valence-electron chi connectivity index (χ0n) is 1.80. The summed E-state index contributed by atoms with van der Waals surface area (Å²) >= 11 is 3.82. The van der Waals surface area contributed by atoms with Crippen molar-refractivity contribution in [2.24, 2.45) is 0 Å². The summed E-state index contributed by atoms with van der Waals surface area (Å²) in [6.07, 6.45) is 1.37. The molecule has 0 spiro atoms. The van der Waals surface area contributed by atoms with Gasteiger partial charge in [0.1, 0.15) is 0 Å². The summed E-state index contributed by atoms with van der Waals surface area (Å²) in [5.74, 6) is 0. The first-order valence-corrected chi connectivity index (χ1v) is 0.995. The number of nitrogens with zero attached hydrogens (tertiary/aromatic N) is 2. The van der Waals surface area contributed by atoms with E-state index in [0.29, 0.717) is 0 Å². The van der Waals surface area contributed by atoms with Gasteiger partial charge in [0.25, 0.3) is 0 Å². The Morgan fingerprint density at radius 2 is 2.25 bits per heavy atom. The highest BCUT2D eigenvalue weighted by atomic mass is 32.1. The molecular weight excluding hydrogens is 72.1 g/mol. The number of hydrogen-bond acceptors (Lipinski definition) is 1. The molecule has 0 aliphatic heterocycles. The molecule has 0 fully saturated rings. The number of hydrogen-bond donors (Lipinski definition) is 0. The number of nitriles is 1. The summed E-state index contributed by atoms with van der Waals surface area (Å²) in [6, 6.07) is 0. The van der Waals surface area contributed by atoms with Crippen molar-refractivity contribution in [3.8, 4) is 6.19 Å². The molecule has 2 nitrogen and oxygen atoms in total. The third-order valence-electron chi connectivity index (χ3n) is 0.0408. The third-order valence-corrected chi connectivity index (χ3v) is 0.122. The Balaban J connectivity index is 2.43. The average molecular weight is 72.1 g/mol. The molecular formula is CN2S. The van der Waals surface area contributed by atoms with Crippen molar-refractivity contribution in [1.29, 1.82) is 5.26 Å². The summed E-state index contributed by atoms with van der Waals surface area (Å²) in [5.41, 5.74) is 0. The van der Waals surface area contributed by atoms with Crippen molar-refractivity contribution in [2.45, 2.75) is 0 Å². The highest BCUT2D eigenvalue weighted by Gasteiger charge is 1.50. The molecule has 0 bridgehead atoms. The summed E-state index contributed by atoms with van der Waals surface area (Å²) in [4.78, 5) is 0. The average Bonchev–Trinajstić information content (AvgIpc) is 1.37. The van der Waals surface area contributed by atoms with Crippen molar-refractivity contribution in [2.75, 3.05) is 0 Å². The maximum Gasteiger partial charge on any atom is 0.214 e. The maximum atomic E-state index is 7.35. The van der Waals surface area contributed by atoms with Gasteiger partial charge in [-0.2, -0.15) is 5.26 Å². The van der Waals surface area contributed by atoms with E-state index in [1.54, 1.807) is 0 Å². The molecule has 0 aliphatic carbocycles. The quantitative estimate of drug-likeness (QED) is 0.376. The van der Waals surface area contributed by atoms with Gasteiger partial charge in [-0.05, 0) is 0 Å². The third kappa shape index (κ3) is 1.64. The molecule has 0 heterocycles. The predicted molar refractivity (Wildman–Crippen MR) is 15.3 cm³/mol. The normalized spacial score (nSPS) is 4.00. The molecule has 4 heavy (non-hydrogen) atoms. The van der Waals surface area contributed by atoms with Crippen LogP contribution in [-0.4, -0.2) is 0 Å². The zero-order chi connectivity index (χ0) is 3.41. The van der Waals surface area contributed by atoms with E-state index >= 15 is 0 Å². The predicted octanol–water partition coefficient (Wildman–Crippen LogP) is 0.184. The van der Waals surface area contributed by atoms with E-state index in [-0.39, 0.29) is 0 Å². The Hall–Kier alpha value is -0.360. The van der Waals surface area contributed by atoms with E-state index in [9.17, 15) is 0 Å². The van der Waals surface area contributed by atoms with Gasteiger partial charge in [0.05, 0.1) is 12.8 Å². The minimum atomic E-state index is 1.37. The molecule has 3 heteroatoms. The molecule has 2 radical (unpaired) electrons. The van der Waals surface area contributed by atoms with Crippen LogP contribution in [0.2, 0.25) is 0 Å². The molecule has 0 aromatic heterocycles. The molecule has 0 aliphatic rings. The van der Waals surface area contributed by atoms with E-state index < -0.39 is 0 Å². The van der Waals surface area contributed by atoms with E-state index in [4.69, 9.17) is 5.26 Å². The first-order chi connectivity index (χ1) is 1.91. The smallest absolute Gasteiger partial charge is 0.170 e. The van der Waals surface area contributed by atoms with Gasteiger partial charge in [0.15, 0.2) is 0 Å². The Morgan fingerprint density at radius 3 is 2.25 bits per heavy atom.